The number of benzene rings is 1. The third-order valence-electron chi connectivity index (χ3n) is 4.16. The first-order valence-electron chi connectivity index (χ1n) is 7.10. The number of carbonyl (C=O) groups excluding carboxylic acids is 1. The molecule has 0 aliphatic heterocycles. The lowest BCUT2D eigenvalue weighted by Crippen LogP contribution is -2.41. The lowest BCUT2D eigenvalue weighted by Gasteiger charge is -2.29. The molecule has 0 unspecified atom stereocenters. The number of methoxy groups -OCH3 is 1. The molecule has 2 rings (SSSR count). The first-order chi connectivity index (χ1) is 9.57. The Bertz CT molecular complexity index is 477. The topological polar surface area (TPSA) is 26.3 Å². The summed E-state index contributed by atoms with van der Waals surface area (Å²) < 4.78 is 5.64. The molecular weight excluding hydrogens is 295 g/mol. The minimum absolute atomic E-state index is 0.153. The van der Waals surface area contributed by atoms with Crippen molar-refractivity contribution in [1.82, 2.24) is 0 Å². The maximum absolute atomic E-state index is 12.7. The molecule has 2 nitrogen and oxygen atoms in total. The summed E-state index contributed by atoms with van der Waals surface area (Å²) in [6.07, 6.45) is 6.48. The fourth-order valence-electron chi connectivity index (χ4n) is 2.89. The van der Waals surface area contributed by atoms with Gasteiger partial charge in [-0.15, -0.1) is 0 Å². The summed E-state index contributed by atoms with van der Waals surface area (Å²) >= 11 is 11.9. The van der Waals surface area contributed by atoms with Crippen LogP contribution >= 0.6 is 23.2 Å². The molecule has 0 spiro atoms. The van der Waals surface area contributed by atoms with Crippen LogP contribution in [0.2, 0.25) is 10.0 Å². The summed E-state index contributed by atoms with van der Waals surface area (Å²) in [4.78, 5) is 12.7. The zero-order valence-corrected chi connectivity index (χ0v) is 13.3. The maximum atomic E-state index is 12.7. The molecule has 0 bridgehead atoms. The second-order valence-electron chi connectivity index (χ2n) is 5.46. The number of hydrogen-bond acceptors (Lipinski definition) is 2. The Morgan fingerprint density at radius 2 is 1.80 bits per heavy atom. The normalized spacial score (nSPS) is 18.6. The van der Waals surface area contributed by atoms with Crippen molar-refractivity contribution in [3.63, 3.8) is 0 Å². The Hall–Kier alpha value is -0.570. The van der Waals surface area contributed by atoms with Gasteiger partial charge in [0.25, 0.3) is 0 Å². The van der Waals surface area contributed by atoms with E-state index >= 15 is 0 Å². The molecule has 0 aromatic heterocycles. The molecule has 1 aromatic rings. The van der Waals surface area contributed by atoms with Crippen LogP contribution in [-0.2, 0) is 16.0 Å². The highest BCUT2D eigenvalue weighted by Crippen LogP contribution is 2.32. The van der Waals surface area contributed by atoms with E-state index in [-0.39, 0.29) is 5.78 Å². The van der Waals surface area contributed by atoms with Crippen molar-refractivity contribution in [3.05, 3.63) is 33.8 Å². The molecule has 1 saturated carbocycles. The standard InChI is InChI=1S/C16H20Cl2O2/c1-20-16(8-4-2-3-5-9-16)15(19)11-12-6-7-13(17)14(18)10-12/h6-7,10H,2-5,8-9,11H2,1H3. The van der Waals surface area contributed by atoms with Gasteiger partial charge in [0.05, 0.1) is 10.0 Å². The maximum Gasteiger partial charge on any atom is 0.168 e. The molecule has 0 amide bonds. The van der Waals surface area contributed by atoms with Gasteiger partial charge in [0.15, 0.2) is 5.78 Å². The van der Waals surface area contributed by atoms with E-state index in [0.29, 0.717) is 16.5 Å². The van der Waals surface area contributed by atoms with Crippen molar-refractivity contribution in [3.8, 4) is 0 Å². The molecule has 0 saturated heterocycles. The van der Waals surface area contributed by atoms with Crippen molar-refractivity contribution in [2.24, 2.45) is 0 Å². The van der Waals surface area contributed by atoms with Gasteiger partial charge in [-0.25, -0.2) is 0 Å². The van der Waals surface area contributed by atoms with Gasteiger partial charge in [-0.3, -0.25) is 4.79 Å². The van der Waals surface area contributed by atoms with Crippen LogP contribution in [-0.4, -0.2) is 18.5 Å². The molecule has 0 radical (unpaired) electrons. The number of ketones is 1. The molecule has 1 fully saturated rings. The molecule has 1 aliphatic rings. The molecule has 0 N–H and O–H groups in total. The molecule has 110 valence electrons. The number of carbonyl (C=O) groups is 1. The summed E-state index contributed by atoms with van der Waals surface area (Å²) in [7, 11) is 1.65. The van der Waals surface area contributed by atoms with Crippen molar-refractivity contribution < 1.29 is 9.53 Å². The van der Waals surface area contributed by atoms with Gasteiger partial charge < -0.3 is 4.74 Å². The summed E-state index contributed by atoms with van der Waals surface area (Å²) in [5, 5.41) is 1.00. The lowest BCUT2D eigenvalue weighted by atomic mass is 9.86. The number of Topliss-reactive ketones (excluding diaryl/α,β-unsaturated/α-hetero) is 1. The van der Waals surface area contributed by atoms with Crippen LogP contribution in [0.3, 0.4) is 0 Å². The van der Waals surface area contributed by atoms with E-state index in [4.69, 9.17) is 27.9 Å². The third-order valence-corrected chi connectivity index (χ3v) is 4.90. The molecule has 20 heavy (non-hydrogen) atoms. The van der Waals surface area contributed by atoms with Crippen LogP contribution in [0, 0.1) is 0 Å². The quantitative estimate of drug-likeness (QED) is 0.743. The molecule has 1 aliphatic carbocycles. The molecule has 4 heteroatoms. The predicted molar refractivity (Wildman–Crippen MR) is 82.6 cm³/mol. The van der Waals surface area contributed by atoms with Gasteiger partial charge in [-0.05, 0) is 30.5 Å². The van der Waals surface area contributed by atoms with E-state index < -0.39 is 5.60 Å². The average molecular weight is 315 g/mol. The minimum Gasteiger partial charge on any atom is -0.370 e. The SMILES string of the molecule is COC1(C(=O)Cc2ccc(Cl)c(Cl)c2)CCCCCC1. The van der Waals surface area contributed by atoms with E-state index in [2.05, 4.69) is 0 Å². The van der Waals surface area contributed by atoms with Crippen LogP contribution in [0.5, 0.6) is 0 Å². The van der Waals surface area contributed by atoms with Crippen LogP contribution in [0.1, 0.15) is 44.1 Å². The monoisotopic (exact) mass is 314 g/mol. The van der Waals surface area contributed by atoms with E-state index in [9.17, 15) is 4.79 Å². The molecule has 0 atom stereocenters. The largest absolute Gasteiger partial charge is 0.370 e. The van der Waals surface area contributed by atoms with Crippen LogP contribution in [0.25, 0.3) is 0 Å². The molecule has 0 heterocycles. The first-order valence-corrected chi connectivity index (χ1v) is 7.85. The van der Waals surface area contributed by atoms with Crippen molar-refractivity contribution in [2.45, 2.75) is 50.5 Å². The fraction of sp³-hybridized carbons (Fsp3) is 0.562. The Morgan fingerprint density at radius 3 is 2.35 bits per heavy atom. The smallest absolute Gasteiger partial charge is 0.168 e. The van der Waals surface area contributed by atoms with Crippen molar-refractivity contribution in [2.75, 3.05) is 7.11 Å². The number of rotatable bonds is 4. The summed E-state index contributed by atoms with van der Waals surface area (Å²) in [5.41, 5.74) is 0.285. The van der Waals surface area contributed by atoms with Gasteiger partial charge in [-0.1, -0.05) is 55.0 Å². The summed E-state index contributed by atoms with van der Waals surface area (Å²) in [5.74, 6) is 0.153. The highest BCUT2D eigenvalue weighted by atomic mass is 35.5. The van der Waals surface area contributed by atoms with Gasteiger partial charge in [-0.2, -0.15) is 0 Å². The molecular formula is C16H20Cl2O2. The Labute approximate surface area is 130 Å². The van der Waals surface area contributed by atoms with Crippen molar-refractivity contribution >= 4 is 29.0 Å². The number of halogens is 2. The zero-order chi connectivity index (χ0) is 14.6. The van der Waals surface area contributed by atoms with E-state index in [1.54, 1.807) is 19.2 Å². The third kappa shape index (κ3) is 3.55. The van der Waals surface area contributed by atoms with Crippen LogP contribution in [0.15, 0.2) is 18.2 Å². The lowest BCUT2D eigenvalue weighted by molar-refractivity contribution is -0.142. The number of ether oxygens (including phenoxy) is 1. The minimum atomic E-state index is -0.609. The van der Waals surface area contributed by atoms with Crippen LogP contribution < -0.4 is 0 Å². The average Bonchev–Trinajstić information content (AvgIpc) is 2.69. The second kappa shape index (κ2) is 6.93. The van der Waals surface area contributed by atoms with Gasteiger partial charge in [0.2, 0.25) is 0 Å². The van der Waals surface area contributed by atoms with E-state index in [1.165, 1.54) is 12.8 Å². The predicted octanol–water partition coefficient (Wildman–Crippen LogP) is 4.84. The van der Waals surface area contributed by atoms with Crippen molar-refractivity contribution in [1.29, 1.82) is 0 Å². The van der Waals surface area contributed by atoms with Gasteiger partial charge in [0, 0.05) is 13.5 Å². The van der Waals surface area contributed by atoms with Gasteiger partial charge in [0.1, 0.15) is 5.60 Å². The molecule has 1 aromatic carbocycles. The van der Waals surface area contributed by atoms with E-state index in [1.807, 2.05) is 6.07 Å². The number of hydrogen-bond donors (Lipinski definition) is 0. The summed E-state index contributed by atoms with van der Waals surface area (Å²) in [6, 6.07) is 5.35. The summed E-state index contributed by atoms with van der Waals surface area (Å²) in [6.45, 7) is 0. The highest BCUT2D eigenvalue weighted by molar-refractivity contribution is 6.42. The Kier molecular flexibility index (Phi) is 5.48. The van der Waals surface area contributed by atoms with Gasteiger partial charge >= 0.3 is 0 Å². The first kappa shape index (κ1) is 15.8. The highest BCUT2D eigenvalue weighted by Gasteiger charge is 2.37. The fourth-order valence-corrected chi connectivity index (χ4v) is 3.21. The zero-order valence-electron chi connectivity index (χ0n) is 11.8. The Morgan fingerprint density at radius 1 is 1.15 bits per heavy atom. The van der Waals surface area contributed by atoms with Crippen LogP contribution in [0.4, 0.5) is 0 Å². The van der Waals surface area contributed by atoms with E-state index in [0.717, 1.165) is 31.2 Å². The second-order valence-corrected chi connectivity index (χ2v) is 6.28. The Balaban J connectivity index is 2.14.